The summed E-state index contributed by atoms with van der Waals surface area (Å²) in [5, 5.41) is 2.67. The van der Waals surface area contributed by atoms with Crippen LogP contribution in [0.4, 0.5) is 4.39 Å². The minimum Gasteiger partial charge on any atom is -0.350 e. The van der Waals surface area contributed by atoms with Crippen molar-refractivity contribution in [3.63, 3.8) is 0 Å². The number of likely N-dealkylation sites (N-methyl/N-ethyl adjacent to an activating group) is 1. The van der Waals surface area contributed by atoms with E-state index in [-0.39, 0.29) is 15.9 Å². The molecule has 1 amide bonds. The standard InChI is InChI=1S/C13H18BrFN2O3S/c1-13(2,3)16-12(18)8-17(4)21(19,20)9-5-6-10(14)11(15)7-9/h5-7H,8H2,1-4H3,(H,16,18). The SMILES string of the molecule is CN(CC(=O)NC(C)(C)C)S(=O)(=O)c1ccc(Br)c(F)c1. The van der Waals surface area contributed by atoms with Gasteiger partial charge in [0.15, 0.2) is 0 Å². The van der Waals surface area contributed by atoms with E-state index in [1.807, 2.05) is 0 Å². The Kier molecular flexibility index (Phi) is 5.51. The van der Waals surface area contributed by atoms with Crippen molar-refractivity contribution in [2.75, 3.05) is 13.6 Å². The monoisotopic (exact) mass is 380 g/mol. The maximum Gasteiger partial charge on any atom is 0.243 e. The van der Waals surface area contributed by atoms with Crippen LogP contribution in [0.1, 0.15) is 20.8 Å². The zero-order valence-electron chi connectivity index (χ0n) is 12.3. The molecule has 0 aliphatic rings. The average Bonchev–Trinajstić information content (AvgIpc) is 2.29. The number of amides is 1. The van der Waals surface area contributed by atoms with Gasteiger partial charge in [0.1, 0.15) is 5.82 Å². The van der Waals surface area contributed by atoms with Gasteiger partial charge in [-0.25, -0.2) is 12.8 Å². The number of halogens is 2. The topological polar surface area (TPSA) is 66.5 Å². The number of nitrogens with one attached hydrogen (secondary N) is 1. The lowest BCUT2D eigenvalue weighted by molar-refractivity contribution is -0.122. The maximum absolute atomic E-state index is 13.4. The summed E-state index contributed by atoms with van der Waals surface area (Å²) in [5.41, 5.74) is -0.453. The van der Waals surface area contributed by atoms with E-state index in [0.29, 0.717) is 0 Å². The molecule has 1 aromatic rings. The van der Waals surface area contributed by atoms with Crippen LogP contribution in [0, 0.1) is 5.82 Å². The van der Waals surface area contributed by atoms with Crippen LogP contribution in [-0.4, -0.2) is 37.8 Å². The zero-order chi connectivity index (χ0) is 16.4. The molecule has 0 unspecified atom stereocenters. The molecule has 118 valence electrons. The molecule has 1 aromatic carbocycles. The van der Waals surface area contributed by atoms with Crippen molar-refractivity contribution in [2.24, 2.45) is 0 Å². The van der Waals surface area contributed by atoms with Gasteiger partial charge in [-0.05, 0) is 54.9 Å². The van der Waals surface area contributed by atoms with Crippen LogP contribution in [0.15, 0.2) is 27.6 Å². The second-order valence-corrected chi connectivity index (χ2v) is 8.53. The fraction of sp³-hybridized carbons (Fsp3) is 0.462. The number of carbonyl (C=O) groups excluding carboxylic acids is 1. The molecule has 0 spiro atoms. The van der Waals surface area contributed by atoms with E-state index in [2.05, 4.69) is 21.2 Å². The molecule has 0 saturated heterocycles. The first-order chi connectivity index (χ1) is 9.43. The molecule has 1 rings (SSSR count). The number of sulfonamides is 1. The zero-order valence-corrected chi connectivity index (χ0v) is 14.7. The second-order valence-electron chi connectivity index (χ2n) is 5.64. The molecule has 0 saturated carbocycles. The summed E-state index contributed by atoms with van der Waals surface area (Å²) in [4.78, 5) is 11.6. The summed E-state index contributed by atoms with van der Waals surface area (Å²) in [6.45, 7) is 5.05. The summed E-state index contributed by atoms with van der Waals surface area (Å²) in [5.74, 6) is -1.10. The Labute approximate surface area is 132 Å². The Morgan fingerprint density at radius 3 is 2.43 bits per heavy atom. The van der Waals surface area contributed by atoms with Gasteiger partial charge in [0.05, 0.1) is 15.9 Å². The molecular weight excluding hydrogens is 363 g/mol. The van der Waals surface area contributed by atoms with Gasteiger partial charge < -0.3 is 5.32 Å². The van der Waals surface area contributed by atoms with Crippen LogP contribution in [0.2, 0.25) is 0 Å². The Morgan fingerprint density at radius 1 is 1.38 bits per heavy atom. The van der Waals surface area contributed by atoms with Crippen LogP contribution in [0.5, 0.6) is 0 Å². The molecule has 8 heteroatoms. The average molecular weight is 381 g/mol. The number of hydrogen-bond acceptors (Lipinski definition) is 3. The van der Waals surface area contributed by atoms with Gasteiger partial charge >= 0.3 is 0 Å². The van der Waals surface area contributed by atoms with E-state index in [9.17, 15) is 17.6 Å². The van der Waals surface area contributed by atoms with E-state index in [1.165, 1.54) is 19.2 Å². The predicted molar refractivity (Wildman–Crippen MR) is 81.8 cm³/mol. The number of benzene rings is 1. The van der Waals surface area contributed by atoms with Crippen molar-refractivity contribution < 1.29 is 17.6 Å². The van der Waals surface area contributed by atoms with E-state index in [0.717, 1.165) is 10.4 Å². The first-order valence-electron chi connectivity index (χ1n) is 6.16. The van der Waals surface area contributed by atoms with Crippen LogP contribution in [0.25, 0.3) is 0 Å². The maximum atomic E-state index is 13.4. The minimum atomic E-state index is -3.92. The Bertz CT molecular complexity index is 641. The molecule has 0 bridgehead atoms. The van der Waals surface area contributed by atoms with Crippen molar-refractivity contribution in [3.05, 3.63) is 28.5 Å². The van der Waals surface area contributed by atoms with Crippen LogP contribution < -0.4 is 5.32 Å². The quantitative estimate of drug-likeness (QED) is 0.869. The van der Waals surface area contributed by atoms with Crippen molar-refractivity contribution >= 4 is 31.9 Å². The summed E-state index contributed by atoms with van der Waals surface area (Å²) in [6.07, 6.45) is 0. The molecule has 21 heavy (non-hydrogen) atoms. The molecule has 0 heterocycles. The van der Waals surface area contributed by atoms with Gasteiger partial charge in [-0.1, -0.05) is 0 Å². The van der Waals surface area contributed by atoms with Crippen LogP contribution >= 0.6 is 15.9 Å². The lowest BCUT2D eigenvalue weighted by Crippen LogP contribution is -2.46. The lowest BCUT2D eigenvalue weighted by atomic mass is 10.1. The Balaban J connectivity index is 2.92. The van der Waals surface area contributed by atoms with Gasteiger partial charge in [0.25, 0.3) is 0 Å². The number of hydrogen-bond donors (Lipinski definition) is 1. The molecule has 0 atom stereocenters. The van der Waals surface area contributed by atoms with Crippen molar-refractivity contribution in [1.82, 2.24) is 9.62 Å². The Morgan fingerprint density at radius 2 is 1.95 bits per heavy atom. The van der Waals surface area contributed by atoms with Gasteiger partial charge in [-0.15, -0.1) is 0 Å². The van der Waals surface area contributed by atoms with E-state index < -0.39 is 27.3 Å². The van der Waals surface area contributed by atoms with Crippen LogP contribution in [-0.2, 0) is 14.8 Å². The molecule has 0 fully saturated rings. The van der Waals surface area contributed by atoms with Gasteiger partial charge in [-0.3, -0.25) is 4.79 Å². The normalized spacial score (nSPS) is 12.5. The molecule has 0 aromatic heterocycles. The molecule has 0 aliphatic heterocycles. The molecule has 1 N–H and O–H groups in total. The lowest BCUT2D eigenvalue weighted by Gasteiger charge is -2.23. The Hall–Kier alpha value is -0.990. The number of nitrogens with zero attached hydrogens (tertiary/aromatic N) is 1. The second kappa shape index (κ2) is 6.41. The summed E-state index contributed by atoms with van der Waals surface area (Å²) in [6, 6.07) is 3.50. The third kappa shape index (κ3) is 5.05. The third-order valence-electron chi connectivity index (χ3n) is 2.48. The van der Waals surface area contributed by atoms with Crippen molar-refractivity contribution in [3.8, 4) is 0 Å². The summed E-state index contributed by atoms with van der Waals surface area (Å²) in [7, 11) is -2.64. The van der Waals surface area contributed by atoms with Crippen molar-refractivity contribution in [2.45, 2.75) is 31.2 Å². The minimum absolute atomic E-state index is 0.176. The fourth-order valence-electron chi connectivity index (χ4n) is 1.56. The number of rotatable bonds is 4. The van der Waals surface area contributed by atoms with Gasteiger partial charge in [0.2, 0.25) is 15.9 Å². The van der Waals surface area contributed by atoms with Crippen LogP contribution in [0.3, 0.4) is 0 Å². The summed E-state index contributed by atoms with van der Waals surface area (Å²) < 4.78 is 39.0. The summed E-state index contributed by atoms with van der Waals surface area (Å²) >= 11 is 2.96. The molecule has 0 radical (unpaired) electrons. The largest absolute Gasteiger partial charge is 0.350 e. The van der Waals surface area contributed by atoms with Crippen molar-refractivity contribution in [1.29, 1.82) is 0 Å². The first-order valence-corrected chi connectivity index (χ1v) is 8.39. The molecule has 0 aliphatic carbocycles. The fourth-order valence-corrected chi connectivity index (χ4v) is 2.95. The highest BCUT2D eigenvalue weighted by Gasteiger charge is 2.25. The van der Waals surface area contributed by atoms with Gasteiger partial charge in [-0.2, -0.15) is 4.31 Å². The highest BCUT2D eigenvalue weighted by atomic mass is 79.9. The third-order valence-corrected chi connectivity index (χ3v) is 4.92. The molecule has 5 nitrogen and oxygen atoms in total. The first kappa shape index (κ1) is 18.1. The smallest absolute Gasteiger partial charge is 0.243 e. The van der Waals surface area contributed by atoms with Gasteiger partial charge in [0, 0.05) is 12.6 Å². The van der Waals surface area contributed by atoms with E-state index in [4.69, 9.17) is 0 Å². The van der Waals surface area contributed by atoms with E-state index >= 15 is 0 Å². The highest BCUT2D eigenvalue weighted by Crippen LogP contribution is 2.21. The number of carbonyl (C=O) groups is 1. The highest BCUT2D eigenvalue weighted by molar-refractivity contribution is 9.10. The molecular formula is C13H18BrFN2O3S. The predicted octanol–water partition coefficient (Wildman–Crippen LogP) is 2.12. The van der Waals surface area contributed by atoms with E-state index in [1.54, 1.807) is 20.8 Å².